The van der Waals surface area contributed by atoms with E-state index in [0.717, 1.165) is 66.2 Å². The summed E-state index contributed by atoms with van der Waals surface area (Å²) in [6.45, 7) is 6.67. The van der Waals surface area contributed by atoms with Crippen LogP contribution in [0.5, 0.6) is 23.0 Å². The number of rotatable bonds is 6. The van der Waals surface area contributed by atoms with Crippen LogP contribution in [0.15, 0.2) is 24.3 Å². The molecule has 2 aromatic rings. The zero-order valence-electron chi connectivity index (χ0n) is 18.1. The predicted molar refractivity (Wildman–Crippen MR) is 114 cm³/mol. The second kappa shape index (κ2) is 8.56. The molecule has 2 aliphatic rings. The fourth-order valence-electron chi connectivity index (χ4n) is 4.60. The van der Waals surface area contributed by atoms with E-state index >= 15 is 0 Å². The second-order valence-electron chi connectivity index (χ2n) is 8.11. The maximum Gasteiger partial charge on any atom is 0.231 e. The Morgan fingerprint density at radius 2 is 1.87 bits per heavy atom. The second-order valence-corrected chi connectivity index (χ2v) is 8.11. The minimum absolute atomic E-state index is 0.00171. The molecule has 6 heteroatoms. The van der Waals surface area contributed by atoms with Crippen molar-refractivity contribution < 1.29 is 23.7 Å². The van der Waals surface area contributed by atoms with Crippen molar-refractivity contribution >= 4 is 5.78 Å². The van der Waals surface area contributed by atoms with Gasteiger partial charge in [0, 0.05) is 24.6 Å². The summed E-state index contributed by atoms with van der Waals surface area (Å²) in [5, 5.41) is 0. The highest BCUT2D eigenvalue weighted by molar-refractivity contribution is 5.98. The molecule has 1 fully saturated rings. The summed E-state index contributed by atoms with van der Waals surface area (Å²) in [6, 6.07) is 7.91. The van der Waals surface area contributed by atoms with E-state index in [9.17, 15) is 4.79 Å². The van der Waals surface area contributed by atoms with Crippen LogP contribution in [0.25, 0.3) is 0 Å². The Hall–Kier alpha value is -2.73. The van der Waals surface area contributed by atoms with Crippen LogP contribution in [0.3, 0.4) is 0 Å². The van der Waals surface area contributed by atoms with Crippen LogP contribution in [-0.4, -0.2) is 44.8 Å². The van der Waals surface area contributed by atoms with Gasteiger partial charge >= 0.3 is 0 Å². The first-order valence-corrected chi connectivity index (χ1v) is 10.4. The number of aryl methyl sites for hydroxylation is 2. The molecule has 0 spiro atoms. The number of hydrogen-bond donors (Lipinski definition) is 0. The Kier molecular flexibility index (Phi) is 5.86. The molecule has 160 valence electrons. The Labute approximate surface area is 177 Å². The number of Topliss-reactive ketones (excluding diaryl/α,β-unsaturated/α-hetero) is 1. The van der Waals surface area contributed by atoms with Crippen molar-refractivity contribution in [2.75, 3.05) is 34.1 Å². The van der Waals surface area contributed by atoms with Crippen LogP contribution in [-0.2, 0) is 6.54 Å². The lowest BCUT2D eigenvalue weighted by atomic mass is 9.88. The number of ether oxygens (including phenoxy) is 4. The first-order chi connectivity index (χ1) is 14.5. The molecule has 1 atom stereocenters. The normalized spacial score (nSPS) is 18.3. The van der Waals surface area contributed by atoms with Crippen LogP contribution >= 0.6 is 0 Å². The van der Waals surface area contributed by atoms with Gasteiger partial charge < -0.3 is 18.9 Å². The van der Waals surface area contributed by atoms with Gasteiger partial charge in [-0.05, 0) is 74.2 Å². The highest BCUT2D eigenvalue weighted by Crippen LogP contribution is 2.42. The molecular formula is C24H29NO5. The van der Waals surface area contributed by atoms with Crippen LogP contribution in [0.1, 0.15) is 39.9 Å². The van der Waals surface area contributed by atoms with Crippen molar-refractivity contribution in [1.29, 1.82) is 0 Å². The summed E-state index contributed by atoms with van der Waals surface area (Å²) >= 11 is 0. The molecule has 1 unspecified atom stereocenters. The Morgan fingerprint density at radius 3 is 2.57 bits per heavy atom. The molecular weight excluding hydrogens is 382 g/mol. The highest BCUT2D eigenvalue weighted by Gasteiger charge is 2.28. The number of carbonyl (C=O) groups excluding carboxylic acids is 1. The molecule has 0 radical (unpaired) electrons. The number of methoxy groups -OCH3 is 2. The lowest BCUT2D eigenvalue weighted by Crippen LogP contribution is -2.38. The van der Waals surface area contributed by atoms with Crippen LogP contribution in [0.4, 0.5) is 0 Å². The molecule has 4 rings (SSSR count). The summed E-state index contributed by atoms with van der Waals surface area (Å²) in [5.74, 6) is 3.15. The first-order valence-electron chi connectivity index (χ1n) is 10.4. The summed E-state index contributed by atoms with van der Waals surface area (Å²) in [7, 11) is 3.30. The molecule has 0 N–H and O–H groups in total. The minimum Gasteiger partial charge on any atom is -0.496 e. The van der Waals surface area contributed by atoms with Crippen molar-refractivity contribution in [2.45, 2.75) is 33.2 Å². The summed E-state index contributed by atoms with van der Waals surface area (Å²) in [4.78, 5) is 15.6. The molecule has 2 heterocycles. The van der Waals surface area contributed by atoms with Gasteiger partial charge in [-0.2, -0.15) is 0 Å². The van der Waals surface area contributed by atoms with E-state index < -0.39 is 0 Å². The Morgan fingerprint density at radius 1 is 1.10 bits per heavy atom. The van der Waals surface area contributed by atoms with Crippen LogP contribution in [0.2, 0.25) is 0 Å². The van der Waals surface area contributed by atoms with Crippen LogP contribution < -0.4 is 18.9 Å². The van der Waals surface area contributed by atoms with E-state index in [-0.39, 0.29) is 18.5 Å². The van der Waals surface area contributed by atoms with Crippen molar-refractivity contribution in [3.8, 4) is 23.0 Å². The maximum atomic E-state index is 13.2. The molecule has 0 saturated carbocycles. The van der Waals surface area contributed by atoms with E-state index in [0.29, 0.717) is 11.5 Å². The average Bonchev–Trinajstić information content (AvgIpc) is 3.21. The number of benzene rings is 2. The van der Waals surface area contributed by atoms with Gasteiger partial charge in [-0.15, -0.1) is 0 Å². The minimum atomic E-state index is 0.00171. The summed E-state index contributed by atoms with van der Waals surface area (Å²) in [5.41, 5.74) is 3.88. The molecule has 6 nitrogen and oxygen atoms in total. The van der Waals surface area contributed by atoms with Gasteiger partial charge in [0.05, 0.1) is 14.2 Å². The summed E-state index contributed by atoms with van der Waals surface area (Å²) in [6.07, 6.45) is 1.93. The van der Waals surface area contributed by atoms with E-state index in [1.54, 1.807) is 14.2 Å². The van der Waals surface area contributed by atoms with Gasteiger partial charge in [-0.3, -0.25) is 9.69 Å². The maximum absolute atomic E-state index is 13.2. The van der Waals surface area contributed by atoms with Crippen molar-refractivity contribution in [3.05, 3.63) is 46.5 Å². The van der Waals surface area contributed by atoms with E-state index in [4.69, 9.17) is 18.9 Å². The fraction of sp³-hybridized carbons (Fsp3) is 0.458. The van der Waals surface area contributed by atoms with E-state index in [1.807, 2.05) is 38.1 Å². The van der Waals surface area contributed by atoms with Gasteiger partial charge in [0.2, 0.25) is 12.5 Å². The first kappa shape index (κ1) is 20.5. The van der Waals surface area contributed by atoms with Gasteiger partial charge in [0.25, 0.3) is 0 Å². The number of piperidine rings is 1. The largest absolute Gasteiger partial charge is 0.496 e. The standard InChI is InChI=1S/C24H29NO5/c1-15-8-19(9-16(2)23(15)28-4)22(26)18-6-5-7-25(13-18)12-17-10-20(27-3)24-21(11-17)29-14-30-24/h8-11,18H,5-7,12-14H2,1-4H3. The lowest BCUT2D eigenvalue weighted by molar-refractivity contribution is 0.0811. The van der Waals surface area contributed by atoms with Gasteiger partial charge in [0.1, 0.15) is 5.75 Å². The smallest absolute Gasteiger partial charge is 0.231 e. The van der Waals surface area contributed by atoms with E-state index in [1.165, 1.54) is 0 Å². The van der Waals surface area contributed by atoms with Gasteiger partial charge in [0.15, 0.2) is 17.3 Å². The number of fused-ring (bicyclic) bond motifs is 1. The molecule has 30 heavy (non-hydrogen) atoms. The predicted octanol–water partition coefficient (Wildman–Crippen LogP) is 4.14. The fourth-order valence-corrected chi connectivity index (χ4v) is 4.60. The average molecular weight is 411 g/mol. The lowest BCUT2D eigenvalue weighted by Gasteiger charge is -2.32. The number of hydrogen-bond acceptors (Lipinski definition) is 6. The molecule has 2 aromatic carbocycles. The van der Waals surface area contributed by atoms with Crippen LogP contribution in [0, 0.1) is 19.8 Å². The van der Waals surface area contributed by atoms with Crippen molar-refractivity contribution in [3.63, 3.8) is 0 Å². The van der Waals surface area contributed by atoms with Gasteiger partial charge in [-0.1, -0.05) is 0 Å². The van der Waals surface area contributed by atoms with Gasteiger partial charge in [-0.25, -0.2) is 0 Å². The van der Waals surface area contributed by atoms with E-state index in [2.05, 4.69) is 4.90 Å². The third kappa shape index (κ3) is 3.97. The third-order valence-electron chi connectivity index (χ3n) is 5.95. The zero-order chi connectivity index (χ0) is 21.3. The highest BCUT2D eigenvalue weighted by atomic mass is 16.7. The molecule has 0 aliphatic carbocycles. The molecule has 0 aromatic heterocycles. The number of carbonyl (C=O) groups is 1. The zero-order valence-corrected chi connectivity index (χ0v) is 18.1. The SMILES string of the molecule is COc1cc(CN2CCCC(C(=O)c3cc(C)c(OC)c(C)c3)C2)cc2c1OCO2. The Bertz CT molecular complexity index is 932. The number of nitrogens with zero attached hydrogens (tertiary/aromatic N) is 1. The number of ketones is 1. The van der Waals surface area contributed by atoms with Crippen molar-refractivity contribution in [2.24, 2.45) is 5.92 Å². The molecule has 0 amide bonds. The monoisotopic (exact) mass is 411 g/mol. The molecule has 0 bridgehead atoms. The molecule has 2 aliphatic heterocycles. The number of likely N-dealkylation sites (tertiary alicyclic amines) is 1. The topological polar surface area (TPSA) is 57.2 Å². The van der Waals surface area contributed by atoms with Crippen molar-refractivity contribution in [1.82, 2.24) is 4.90 Å². The third-order valence-corrected chi connectivity index (χ3v) is 5.95. The Balaban J connectivity index is 1.48. The summed E-state index contributed by atoms with van der Waals surface area (Å²) < 4.78 is 21.9. The molecule has 1 saturated heterocycles. The quantitative estimate of drug-likeness (QED) is 0.666.